The molecule has 4 heterocycles. The number of ether oxygens (including phenoxy) is 2. The lowest BCUT2D eigenvalue weighted by atomic mass is 10.0. The van der Waals surface area contributed by atoms with E-state index in [9.17, 15) is 24.3 Å². The molecule has 3 unspecified atom stereocenters. The average molecular weight is 752 g/mol. The number of carboxylic acids is 1. The fourth-order valence-electron chi connectivity index (χ4n) is 7.26. The maximum atomic E-state index is 14.5. The van der Waals surface area contributed by atoms with Gasteiger partial charge in [0.05, 0.1) is 22.5 Å². The van der Waals surface area contributed by atoms with E-state index in [-0.39, 0.29) is 31.2 Å². The molecule has 1 saturated carbocycles. The number of amides is 3. The highest BCUT2D eigenvalue weighted by molar-refractivity contribution is 7.13. The smallest absolute Gasteiger partial charge is 0.408 e. The first-order chi connectivity index (χ1) is 25.9. The summed E-state index contributed by atoms with van der Waals surface area (Å²) in [7, 11) is 0. The summed E-state index contributed by atoms with van der Waals surface area (Å²) < 4.78 is 12.1. The molecule has 2 aliphatic heterocycles. The van der Waals surface area contributed by atoms with E-state index in [0.29, 0.717) is 29.6 Å². The van der Waals surface area contributed by atoms with E-state index in [1.807, 2.05) is 78.2 Å². The maximum Gasteiger partial charge on any atom is 0.408 e. The molecule has 2 fully saturated rings. The van der Waals surface area contributed by atoms with E-state index in [1.54, 1.807) is 20.8 Å². The number of carbonyl (C=O) groups excluding carboxylic acids is 3. The van der Waals surface area contributed by atoms with Gasteiger partial charge in [0.25, 0.3) is 0 Å². The second-order valence-corrected chi connectivity index (χ2v) is 16.2. The van der Waals surface area contributed by atoms with Crippen molar-refractivity contribution in [3.63, 3.8) is 0 Å². The Morgan fingerprint density at radius 1 is 1.00 bits per heavy atom. The first-order valence-corrected chi connectivity index (χ1v) is 19.4. The molecule has 282 valence electrons. The highest BCUT2D eigenvalue weighted by Gasteiger charge is 2.61. The van der Waals surface area contributed by atoms with Crippen molar-refractivity contribution >= 4 is 46.2 Å². The number of nitrogens with zero attached hydrogens (tertiary/aromatic N) is 3. The van der Waals surface area contributed by atoms with Gasteiger partial charge in [0.15, 0.2) is 0 Å². The number of carbonyl (C=O) groups is 4. The molecule has 13 heteroatoms. The Labute approximate surface area is 318 Å². The summed E-state index contributed by atoms with van der Waals surface area (Å²) in [5, 5.41) is 17.7. The SMILES string of the molecule is CC(C)(C)OC(=O)N[C@@H]1CCCCC/C=C\C2CC2(C(=O)O)NC(=O)C2C[C@@H](Oc3nc4ccc(-c5ccccc5)cc4nc3-c3cccs3)CN2C1=O. The van der Waals surface area contributed by atoms with Gasteiger partial charge in [-0.1, -0.05) is 67.5 Å². The first kappa shape index (κ1) is 37.0. The normalized spacial score (nSPS) is 25.4. The standard InChI is InChI=1S/C41H45N5O7S/c1-40(2,3)53-39(51)44-30-16-11-6-4-5-10-15-27-23-41(27,38(49)50)45-35(47)32-22-28(24-46(32)37(30)48)52-36-34(33-17-12-20-54-33)42-31-21-26(18-19-29(31)43-36)25-13-8-7-9-14-25/h7-10,12-15,17-21,27-28,30,32H,4-6,11,16,22-24H2,1-3H3,(H,44,51)(H,45,47)(H,49,50)/b15-10-/t27?,28-,30-,32?,41?/m1/s1. The fourth-order valence-corrected chi connectivity index (χ4v) is 7.96. The quantitative estimate of drug-likeness (QED) is 0.181. The van der Waals surface area contributed by atoms with Crippen molar-refractivity contribution in [3.8, 4) is 27.6 Å². The summed E-state index contributed by atoms with van der Waals surface area (Å²) in [6, 6.07) is 17.7. The summed E-state index contributed by atoms with van der Waals surface area (Å²) in [6.45, 7) is 5.23. The molecule has 3 N–H and O–H groups in total. The van der Waals surface area contributed by atoms with Crippen molar-refractivity contribution in [3.05, 3.63) is 78.2 Å². The molecular weight excluding hydrogens is 707 g/mol. The minimum Gasteiger partial charge on any atom is -0.479 e. The number of hydrogen-bond donors (Lipinski definition) is 3. The number of aliphatic carboxylic acids is 1. The summed E-state index contributed by atoms with van der Waals surface area (Å²) in [5.74, 6) is -2.27. The molecular formula is C41H45N5O7S. The topological polar surface area (TPSA) is 160 Å². The predicted octanol–water partition coefficient (Wildman–Crippen LogP) is 6.75. The molecule has 1 aliphatic carbocycles. The predicted molar refractivity (Wildman–Crippen MR) is 205 cm³/mol. The Balaban J connectivity index is 1.21. The molecule has 0 spiro atoms. The van der Waals surface area contributed by atoms with Gasteiger partial charge >= 0.3 is 12.1 Å². The summed E-state index contributed by atoms with van der Waals surface area (Å²) in [6.07, 6.45) is 6.09. The van der Waals surface area contributed by atoms with Crippen molar-refractivity contribution in [1.29, 1.82) is 0 Å². The lowest BCUT2D eigenvalue weighted by Crippen LogP contribution is -2.56. The number of aromatic nitrogens is 2. The highest BCUT2D eigenvalue weighted by atomic mass is 32.1. The number of benzene rings is 2. The Morgan fingerprint density at radius 3 is 2.56 bits per heavy atom. The molecule has 3 aliphatic rings. The Hall–Kier alpha value is -5.30. The lowest BCUT2D eigenvalue weighted by Gasteiger charge is -2.30. The van der Waals surface area contributed by atoms with Gasteiger partial charge in [-0.2, -0.15) is 0 Å². The first-order valence-electron chi connectivity index (χ1n) is 18.5. The fraction of sp³-hybridized carbons (Fsp3) is 0.415. The van der Waals surface area contributed by atoms with Crippen LogP contribution in [0.25, 0.3) is 32.7 Å². The molecule has 7 rings (SSSR count). The van der Waals surface area contributed by atoms with Crippen LogP contribution in [0.2, 0.25) is 0 Å². The van der Waals surface area contributed by atoms with Gasteiger partial charge in [-0.05, 0) is 81.2 Å². The highest BCUT2D eigenvalue weighted by Crippen LogP contribution is 2.45. The summed E-state index contributed by atoms with van der Waals surface area (Å²) in [4.78, 5) is 66.3. The lowest BCUT2D eigenvalue weighted by molar-refractivity contribution is -0.145. The number of thiophene rings is 1. The Bertz CT molecular complexity index is 2070. The number of nitrogens with one attached hydrogen (secondary N) is 2. The zero-order valence-corrected chi connectivity index (χ0v) is 31.4. The van der Waals surface area contributed by atoms with Gasteiger partial charge in [-0.15, -0.1) is 11.3 Å². The van der Waals surface area contributed by atoms with E-state index >= 15 is 0 Å². The van der Waals surface area contributed by atoms with Crippen molar-refractivity contribution in [2.24, 2.45) is 5.92 Å². The van der Waals surface area contributed by atoms with E-state index < -0.39 is 53.2 Å². The van der Waals surface area contributed by atoms with Crippen LogP contribution < -0.4 is 15.4 Å². The Morgan fingerprint density at radius 2 is 1.81 bits per heavy atom. The van der Waals surface area contributed by atoms with Gasteiger partial charge < -0.3 is 30.1 Å². The van der Waals surface area contributed by atoms with Gasteiger partial charge in [-0.25, -0.2) is 19.6 Å². The van der Waals surface area contributed by atoms with Crippen LogP contribution >= 0.6 is 11.3 Å². The van der Waals surface area contributed by atoms with E-state index in [4.69, 9.17) is 19.4 Å². The van der Waals surface area contributed by atoms with Crippen LogP contribution in [-0.4, -0.2) is 79.7 Å². The van der Waals surface area contributed by atoms with Crippen LogP contribution in [0.3, 0.4) is 0 Å². The number of hydrogen-bond acceptors (Lipinski definition) is 9. The second-order valence-electron chi connectivity index (χ2n) is 15.2. The molecule has 2 aromatic heterocycles. The molecule has 0 radical (unpaired) electrons. The van der Waals surface area contributed by atoms with E-state index in [2.05, 4.69) is 10.6 Å². The summed E-state index contributed by atoms with van der Waals surface area (Å²) >= 11 is 1.49. The molecule has 54 heavy (non-hydrogen) atoms. The van der Waals surface area contributed by atoms with E-state index in [0.717, 1.165) is 35.3 Å². The van der Waals surface area contributed by atoms with Crippen LogP contribution in [0, 0.1) is 5.92 Å². The third-order valence-corrected chi connectivity index (χ3v) is 11.0. The zero-order valence-electron chi connectivity index (χ0n) is 30.6. The van der Waals surface area contributed by atoms with Crippen molar-refractivity contribution in [2.75, 3.05) is 6.54 Å². The third kappa shape index (κ3) is 8.10. The van der Waals surface area contributed by atoms with Gasteiger partial charge in [0.2, 0.25) is 17.7 Å². The number of allylic oxidation sites excluding steroid dienone is 1. The average Bonchev–Trinajstić information content (AvgIpc) is 3.43. The van der Waals surface area contributed by atoms with Crippen LogP contribution in [-0.2, 0) is 19.1 Å². The number of fused-ring (bicyclic) bond motifs is 3. The van der Waals surface area contributed by atoms with Gasteiger partial charge in [0, 0.05) is 12.3 Å². The Kier molecular flexibility index (Phi) is 10.4. The van der Waals surface area contributed by atoms with Crippen molar-refractivity contribution in [1.82, 2.24) is 25.5 Å². The van der Waals surface area contributed by atoms with Gasteiger partial charge in [0.1, 0.15) is 35.0 Å². The van der Waals surface area contributed by atoms with Crippen molar-refractivity contribution < 1.29 is 33.8 Å². The maximum absolute atomic E-state index is 14.5. The number of alkyl carbamates (subject to hydrolysis) is 1. The molecule has 0 bridgehead atoms. The number of carboxylic acid groups (broad SMARTS) is 1. The number of rotatable bonds is 6. The van der Waals surface area contributed by atoms with E-state index in [1.165, 1.54) is 16.2 Å². The second kappa shape index (κ2) is 15.2. The van der Waals surface area contributed by atoms with Crippen LogP contribution in [0.4, 0.5) is 4.79 Å². The molecule has 4 aromatic rings. The van der Waals surface area contributed by atoms with Crippen LogP contribution in [0.15, 0.2) is 78.2 Å². The van der Waals surface area contributed by atoms with Crippen LogP contribution in [0.5, 0.6) is 5.88 Å². The monoisotopic (exact) mass is 751 g/mol. The minimum atomic E-state index is -1.45. The van der Waals surface area contributed by atoms with Gasteiger partial charge in [-0.3, -0.25) is 9.59 Å². The molecule has 5 atom stereocenters. The molecule has 1 saturated heterocycles. The molecule has 2 aromatic carbocycles. The molecule has 12 nitrogen and oxygen atoms in total. The summed E-state index contributed by atoms with van der Waals surface area (Å²) in [5.41, 5.74) is 1.64. The zero-order chi connectivity index (χ0) is 38.0. The van der Waals surface area contributed by atoms with Crippen LogP contribution in [0.1, 0.15) is 65.7 Å². The van der Waals surface area contributed by atoms with Crippen molar-refractivity contribution in [2.45, 2.75) is 95.0 Å². The third-order valence-electron chi connectivity index (χ3n) is 10.1. The molecule has 3 amide bonds. The minimum absolute atomic E-state index is 0.00334. The largest absolute Gasteiger partial charge is 0.479 e.